The van der Waals surface area contributed by atoms with Crippen LogP contribution in [0, 0.1) is 11.8 Å². The van der Waals surface area contributed by atoms with Gasteiger partial charge in [-0.25, -0.2) is 0 Å². The van der Waals surface area contributed by atoms with Crippen LogP contribution >= 0.6 is 0 Å². The lowest BCUT2D eigenvalue weighted by atomic mass is 10.2. The number of carbonyl (C=O) groups excluding carboxylic acids is 2. The third-order valence-corrected chi connectivity index (χ3v) is 1.69. The average molecular weight is 250 g/mol. The number of hydrogen-bond donors (Lipinski definition) is 0. The van der Waals surface area contributed by atoms with Crippen LogP contribution in [-0.2, 0) is 19.1 Å². The van der Waals surface area contributed by atoms with Gasteiger partial charge in [0.2, 0.25) is 0 Å². The molecule has 0 aliphatic heterocycles. The molecular formula is C14H18O4. The summed E-state index contributed by atoms with van der Waals surface area (Å²) < 4.78 is 9.90. The van der Waals surface area contributed by atoms with E-state index in [1.54, 1.807) is 27.7 Å². The number of carbonyl (C=O) groups is 2. The van der Waals surface area contributed by atoms with Crippen molar-refractivity contribution >= 4 is 11.9 Å². The van der Waals surface area contributed by atoms with Crippen LogP contribution in [0.3, 0.4) is 0 Å². The monoisotopic (exact) mass is 250 g/mol. The minimum Gasteiger partial charge on any atom is -0.417 e. The quantitative estimate of drug-likeness (QED) is 0.429. The number of ether oxygens (including phenoxy) is 2. The van der Waals surface area contributed by atoms with E-state index in [4.69, 9.17) is 9.47 Å². The minimum absolute atomic E-state index is 0.272. The summed E-state index contributed by atoms with van der Waals surface area (Å²) in [4.78, 5) is 21.8. The normalized spacial score (nSPS) is 8.56. The molecule has 4 heteroatoms. The highest BCUT2D eigenvalue weighted by atomic mass is 16.5. The molecule has 18 heavy (non-hydrogen) atoms. The molecule has 0 amide bonds. The molecular weight excluding hydrogens is 232 g/mol. The molecule has 0 radical (unpaired) electrons. The van der Waals surface area contributed by atoms with Crippen LogP contribution in [0.15, 0.2) is 22.7 Å². The molecule has 0 rings (SSSR count). The van der Waals surface area contributed by atoms with Crippen LogP contribution < -0.4 is 0 Å². The third kappa shape index (κ3) is 6.54. The standard InChI is InChI=1S/C14H18O4/c1-9(2)13(17-11(5)15)7-8-14(10(3)4)18-12(6)16/h1-6H3. The highest BCUT2D eigenvalue weighted by molar-refractivity contribution is 5.69. The molecule has 0 saturated carbocycles. The van der Waals surface area contributed by atoms with Crippen LogP contribution in [-0.4, -0.2) is 11.9 Å². The molecule has 0 aromatic carbocycles. The summed E-state index contributed by atoms with van der Waals surface area (Å²) in [5, 5.41) is 0. The topological polar surface area (TPSA) is 52.6 Å². The fourth-order valence-corrected chi connectivity index (χ4v) is 0.906. The average Bonchev–Trinajstić information content (AvgIpc) is 2.20. The van der Waals surface area contributed by atoms with E-state index in [2.05, 4.69) is 11.8 Å². The summed E-state index contributed by atoms with van der Waals surface area (Å²) in [7, 11) is 0. The van der Waals surface area contributed by atoms with Crippen LogP contribution in [0.4, 0.5) is 0 Å². The molecule has 0 aliphatic rings. The second-order valence-corrected chi connectivity index (χ2v) is 4.10. The van der Waals surface area contributed by atoms with Gasteiger partial charge in [0.05, 0.1) is 0 Å². The number of rotatable bonds is 2. The van der Waals surface area contributed by atoms with E-state index in [-0.39, 0.29) is 11.5 Å². The minimum atomic E-state index is -0.438. The largest absolute Gasteiger partial charge is 0.417 e. The predicted octanol–water partition coefficient (Wildman–Crippen LogP) is 2.70. The first-order chi connectivity index (χ1) is 8.23. The highest BCUT2D eigenvalue weighted by Crippen LogP contribution is 2.08. The number of allylic oxidation sites excluding steroid dienone is 4. The van der Waals surface area contributed by atoms with Gasteiger partial charge in [0.15, 0.2) is 11.5 Å². The maximum Gasteiger partial charge on any atom is 0.308 e. The van der Waals surface area contributed by atoms with E-state index >= 15 is 0 Å². The Bertz CT molecular complexity index is 420. The molecule has 0 atom stereocenters. The van der Waals surface area contributed by atoms with E-state index in [1.165, 1.54) is 13.8 Å². The van der Waals surface area contributed by atoms with Crippen molar-refractivity contribution in [2.75, 3.05) is 0 Å². The highest BCUT2D eigenvalue weighted by Gasteiger charge is 2.04. The van der Waals surface area contributed by atoms with Gasteiger partial charge in [0.25, 0.3) is 0 Å². The summed E-state index contributed by atoms with van der Waals surface area (Å²) in [5.41, 5.74) is 1.54. The van der Waals surface area contributed by atoms with E-state index < -0.39 is 11.9 Å². The van der Waals surface area contributed by atoms with Crippen molar-refractivity contribution in [1.29, 1.82) is 0 Å². The lowest BCUT2D eigenvalue weighted by Crippen LogP contribution is -2.01. The third-order valence-electron chi connectivity index (χ3n) is 1.69. The molecule has 0 unspecified atom stereocenters. The first kappa shape index (κ1) is 16.0. The predicted molar refractivity (Wildman–Crippen MR) is 68.1 cm³/mol. The van der Waals surface area contributed by atoms with Crippen LogP contribution in [0.25, 0.3) is 0 Å². The molecule has 0 aromatic heterocycles. The Morgan fingerprint density at radius 3 is 1.11 bits per heavy atom. The molecule has 98 valence electrons. The number of hydrogen-bond acceptors (Lipinski definition) is 4. The molecule has 0 spiro atoms. The Hall–Kier alpha value is -2.02. The van der Waals surface area contributed by atoms with Gasteiger partial charge >= 0.3 is 11.9 Å². The van der Waals surface area contributed by atoms with E-state index in [9.17, 15) is 9.59 Å². The zero-order valence-electron chi connectivity index (χ0n) is 11.6. The summed E-state index contributed by atoms with van der Waals surface area (Å²) in [5.74, 6) is 5.04. The molecule has 4 nitrogen and oxygen atoms in total. The Morgan fingerprint density at radius 2 is 0.944 bits per heavy atom. The first-order valence-corrected chi connectivity index (χ1v) is 5.47. The molecule has 0 heterocycles. The summed E-state index contributed by atoms with van der Waals surface area (Å²) >= 11 is 0. The van der Waals surface area contributed by atoms with Crippen molar-refractivity contribution in [3.63, 3.8) is 0 Å². The molecule has 0 fully saturated rings. The lowest BCUT2D eigenvalue weighted by Gasteiger charge is -2.03. The fraction of sp³-hybridized carbons (Fsp3) is 0.429. The molecule has 0 N–H and O–H groups in total. The van der Waals surface area contributed by atoms with Crippen LogP contribution in [0.1, 0.15) is 41.5 Å². The summed E-state index contributed by atoms with van der Waals surface area (Å²) in [6, 6.07) is 0. The van der Waals surface area contributed by atoms with E-state index in [1.807, 2.05) is 0 Å². The lowest BCUT2D eigenvalue weighted by molar-refractivity contribution is -0.137. The Balaban J connectivity index is 5.22. The summed E-state index contributed by atoms with van der Waals surface area (Å²) in [6.45, 7) is 9.72. The van der Waals surface area contributed by atoms with Crippen molar-refractivity contribution in [1.82, 2.24) is 0 Å². The summed E-state index contributed by atoms with van der Waals surface area (Å²) in [6.07, 6.45) is 0. The van der Waals surface area contributed by atoms with E-state index in [0.29, 0.717) is 0 Å². The van der Waals surface area contributed by atoms with Gasteiger partial charge in [0, 0.05) is 13.8 Å². The molecule has 0 bridgehead atoms. The molecule has 0 aromatic rings. The Kier molecular flexibility index (Phi) is 6.51. The van der Waals surface area contributed by atoms with Gasteiger partial charge in [-0.05, 0) is 50.7 Å². The molecule has 0 saturated heterocycles. The fourth-order valence-electron chi connectivity index (χ4n) is 0.906. The number of esters is 2. The first-order valence-electron chi connectivity index (χ1n) is 5.47. The van der Waals surface area contributed by atoms with Crippen molar-refractivity contribution in [2.45, 2.75) is 41.5 Å². The SMILES string of the molecule is CC(=O)OC(C#CC(OC(C)=O)=C(C)C)=C(C)C. The Morgan fingerprint density at radius 1 is 0.667 bits per heavy atom. The van der Waals surface area contributed by atoms with Crippen molar-refractivity contribution in [3.8, 4) is 11.8 Å². The van der Waals surface area contributed by atoms with E-state index in [0.717, 1.165) is 11.1 Å². The van der Waals surface area contributed by atoms with Gasteiger partial charge in [-0.2, -0.15) is 0 Å². The van der Waals surface area contributed by atoms with Crippen LogP contribution in [0.5, 0.6) is 0 Å². The maximum absolute atomic E-state index is 10.9. The van der Waals surface area contributed by atoms with Crippen molar-refractivity contribution in [2.24, 2.45) is 0 Å². The second kappa shape index (κ2) is 7.33. The molecule has 0 aliphatic carbocycles. The van der Waals surface area contributed by atoms with Crippen molar-refractivity contribution in [3.05, 3.63) is 22.7 Å². The van der Waals surface area contributed by atoms with Gasteiger partial charge < -0.3 is 9.47 Å². The van der Waals surface area contributed by atoms with Crippen molar-refractivity contribution < 1.29 is 19.1 Å². The second-order valence-electron chi connectivity index (χ2n) is 4.10. The zero-order chi connectivity index (χ0) is 14.3. The Labute approximate surface area is 108 Å². The van der Waals surface area contributed by atoms with Gasteiger partial charge in [-0.3, -0.25) is 9.59 Å². The zero-order valence-corrected chi connectivity index (χ0v) is 11.6. The van der Waals surface area contributed by atoms with Gasteiger partial charge in [0.1, 0.15) is 0 Å². The van der Waals surface area contributed by atoms with Gasteiger partial charge in [-0.15, -0.1) is 0 Å². The maximum atomic E-state index is 10.9. The van der Waals surface area contributed by atoms with Crippen LogP contribution in [0.2, 0.25) is 0 Å². The smallest absolute Gasteiger partial charge is 0.308 e. The van der Waals surface area contributed by atoms with Gasteiger partial charge in [-0.1, -0.05) is 0 Å².